The highest BCUT2D eigenvalue weighted by atomic mass is 15.1. The van der Waals surface area contributed by atoms with Crippen molar-refractivity contribution >= 4 is 44.7 Å². The molecule has 0 bridgehead atoms. The fourth-order valence-corrected chi connectivity index (χ4v) is 5.67. The molecule has 196 valence electrons. The first-order chi connectivity index (χ1) is 19.7. The maximum atomic E-state index is 2.31. The summed E-state index contributed by atoms with van der Waals surface area (Å²) in [5.74, 6) is 0. The summed E-state index contributed by atoms with van der Waals surface area (Å²) in [5.41, 5.74) is 9.79. The van der Waals surface area contributed by atoms with Crippen LogP contribution in [0.25, 0.3) is 39.0 Å². The zero-order chi connectivity index (χ0) is 27.5. The van der Waals surface area contributed by atoms with Crippen molar-refractivity contribution in [3.8, 4) is 0 Å². The number of anilines is 1. The lowest BCUT2D eigenvalue weighted by Gasteiger charge is -2.26. The van der Waals surface area contributed by atoms with Crippen LogP contribution in [0.1, 0.15) is 30.5 Å². The fourth-order valence-electron chi connectivity index (χ4n) is 5.67. The van der Waals surface area contributed by atoms with Crippen LogP contribution in [0.2, 0.25) is 0 Å². The Morgan fingerprint density at radius 3 is 2.38 bits per heavy atom. The van der Waals surface area contributed by atoms with Gasteiger partial charge in [0.1, 0.15) is 13.6 Å². The summed E-state index contributed by atoms with van der Waals surface area (Å²) in [6, 6.07) is 30.4. The molecule has 0 aliphatic carbocycles. The van der Waals surface area contributed by atoms with Gasteiger partial charge in [-0.25, -0.2) is 4.57 Å². The van der Waals surface area contributed by atoms with E-state index in [0.717, 1.165) is 13.1 Å². The minimum Gasteiger partial charge on any atom is -0.348 e. The molecule has 3 aromatic carbocycles. The zero-order valence-electron chi connectivity index (χ0n) is 23.5. The normalized spacial score (nSPS) is 14.5. The fraction of sp³-hybridized carbons (Fsp3) is 0.135. The molecule has 6 rings (SSSR count). The van der Waals surface area contributed by atoms with Gasteiger partial charge in [0.15, 0.2) is 12.4 Å². The number of rotatable bonds is 6. The van der Waals surface area contributed by atoms with Crippen molar-refractivity contribution in [2.45, 2.75) is 20.4 Å². The van der Waals surface area contributed by atoms with Gasteiger partial charge in [0.2, 0.25) is 11.0 Å². The van der Waals surface area contributed by atoms with Gasteiger partial charge in [-0.15, -0.1) is 0 Å². The molecule has 0 N–H and O–H groups in total. The Morgan fingerprint density at radius 1 is 0.800 bits per heavy atom. The molecule has 2 aromatic heterocycles. The Hall–Kier alpha value is -4.76. The van der Waals surface area contributed by atoms with Crippen LogP contribution < -0.4 is 14.0 Å². The number of fused-ring (bicyclic) bond motifs is 3. The molecule has 0 unspecified atom stereocenters. The Morgan fingerprint density at radius 2 is 1.55 bits per heavy atom. The SMILES string of the molecule is CCN1C=C/C(=C/C=C(\C=C\c2cc[n+](C)c3ccccc23)c2cc[n+](CC)c3ccccc23)c2ccccc21. The standard InChI is InChI=1S/C37H35N3/c1-4-39-26-23-30(33-13-7-10-16-36(33)39)21-19-28(31-24-27-40(5-2)37-17-11-8-14-34(31)37)18-20-29-22-25-38(3)35-15-9-6-12-32(29)35/h6-27H,4-5H2,1-3H3/q+2. The van der Waals surface area contributed by atoms with Gasteiger partial charge in [0.25, 0.3) is 0 Å². The average molecular weight is 522 g/mol. The number of benzene rings is 3. The third kappa shape index (κ3) is 4.76. The summed E-state index contributed by atoms with van der Waals surface area (Å²) in [6.07, 6.45) is 17.8. The van der Waals surface area contributed by atoms with Crippen molar-refractivity contribution in [2.24, 2.45) is 7.05 Å². The smallest absolute Gasteiger partial charge is 0.213 e. The van der Waals surface area contributed by atoms with Crippen molar-refractivity contribution in [3.63, 3.8) is 0 Å². The first-order valence-electron chi connectivity index (χ1n) is 14.1. The lowest BCUT2D eigenvalue weighted by molar-refractivity contribution is -0.667. The molecular formula is C37H35N3+2. The number of hydrogen-bond acceptors (Lipinski definition) is 1. The van der Waals surface area contributed by atoms with Crippen molar-refractivity contribution in [2.75, 3.05) is 11.4 Å². The van der Waals surface area contributed by atoms with Gasteiger partial charge >= 0.3 is 0 Å². The minimum absolute atomic E-state index is 0.933. The van der Waals surface area contributed by atoms with E-state index in [2.05, 4.69) is 169 Å². The van der Waals surface area contributed by atoms with E-state index in [9.17, 15) is 0 Å². The number of hydrogen-bond donors (Lipinski definition) is 0. The number of pyridine rings is 2. The van der Waals surface area contributed by atoms with Crippen LogP contribution >= 0.6 is 0 Å². The van der Waals surface area contributed by atoms with Crippen molar-refractivity contribution in [1.29, 1.82) is 0 Å². The first-order valence-corrected chi connectivity index (χ1v) is 14.1. The second kappa shape index (κ2) is 11.2. The topological polar surface area (TPSA) is 11.0 Å². The molecule has 40 heavy (non-hydrogen) atoms. The molecule has 0 atom stereocenters. The van der Waals surface area contributed by atoms with Gasteiger partial charge in [-0.2, -0.15) is 4.57 Å². The van der Waals surface area contributed by atoms with Crippen LogP contribution in [0.5, 0.6) is 0 Å². The largest absolute Gasteiger partial charge is 0.348 e. The van der Waals surface area contributed by atoms with E-state index in [1.54, 1.807) is 0 Å². The second-order valence-corrected chi connectivity index (χ2v) is 10.1. The highest BCUT2D eigenvalue weighted by molar-refractivity contribution is 5.97. The summed E-state index contributed by atoms with van der Waals surface area (Å²) in [7, 11) is 2.10. The Balaban J connectivity index is 1.52. The third-order valence-corrected chi connectivity index (χ3v) is 7.83. The number of allylic oxidation sites excluding steroid dienone is 6. The van der Waals surface area contributed by atoms with Gasteiger partial charge < -0.3 is 4.90 Å². The van der Waals surface area contributed by atoms with Crippen LogP contribution in [0.4, 0.5) is 5.69 Å². The Kier molecular flexibility index (Phi) is 7.11. The number of nitrogens with zero attached hydrogens (tertiary/aromatic N) is 3. The lowest BCUT2D eigenvalue weighted by Crippen LogP contribution is -2.32. The monoisotopic (exact) mass is 521 g/mol. The van der Waals surface area contributed by atoms with Crippen molar-refractivity contribution in [1.82, 2.24) is 0 Å². The second-order valence-electron chi connectivity index (χ2n) is 10.1. The molecule has 3 heterocycles. The van der Waals surface area contributed by atoms with E-state index >= 15 is 0 Å². The maximum absolute atomic E-state index is 2.31. The maximum Gasteiger partial charge on any atom is 0.213 e. The Bertz CT molecular complexity index is 1840. The average Bonchev–Trinajstić information content (AvgIpc) is 3.01. The van der Waals surface area contributed by atoms with Gasteiger partial charge in [-0.3, -0.25) is 0 Å². The molecular weight excluding hydrogens is 486 g/mol. The molecule has 1 aliphatic heterocycles. The number of aryl methyl sites for hydroxylation is 2. The Labute approximate surface area is 237 Å². The first kappa shape index (κ1) is 25.5. The van der Waals surface area contributed by atoms with Crippen LogP contribution in [-0.2, 0) is 13.6 Å². The van der Waals surface area contributed by atoms with Crippen LogP contribution in [0.3, 0.4) is 0 Å². The van der Waals surface area contributed by atoms with Gasteiger partial charge in [-0.1, -0.05) is 66.8 Å². The molecule has 0 fully saturated rings. The van der Waals surface area contributed by atoms with E-state index in [1.165, 1.54) is 55.3 Å². The van der Waals surface area contributed by atoms with Crippen LogP contribution in [-0.4, -0.2) is 6.54 Å². The molecule has 3 heteroatoms. The number of para-hydroxylation sites is 3. The van der Waals surface area contributed by atoms with Crippen LogP contribution in [0.15, 0.2) is 128 Å². The van der Waals surface area contributed by atoms with E-state index in [1.807, 2.05) is 0 Å². The summed E-state index contributed by atoms with van der Waals surface area (Å²) in [4.78, 5) is 2.30. The van der Waals surface area contributed by atoms with E-state index in [0.29, 0.717) is 0 Å². The molecule has 0 saturated heterocycles. The quantitative estimate of drug-likeness (QED) is 0.165. The summed E-state index contributed by atoms with van der Waals surface area (Å²) >= 11 is 0. The molecule has 0 spiro atoms. The summed E-state index contributed by atoms with van der Waals surface area (Å²) in [6.45, 7) is 6.26. The number of aromatic nitrogens is 2. The molecule has 5 aromatic rings. The van der Waals surface area contributed by atoms with Gasteiger partial charge in [-0.05, 0) is 54.8 Å². The lowest BCUT2D eigenvalue weighted by atomic mass is 9.96. The van der Waals surface area contributed by atoms with Crippen molar-refractivity contribution in [3.05, 3.63) is 145 Å². The van der Waals surface area contributed by atoms with E-state index in [-0.39, 0.29) is 0 Å². The predicted octanol–water partition coefficient (Wildman–Crippen LogP) is 7.66. The highest BCUT2D eigenvalue weighted by Crippen LogP contribution is 2.33. The molecule has 1 aliphatic rings. The summed E-state index contributed by atoms with van der Waals surface area (Å²) in [5, 5.41) is 2.49. The minimum atomic E-state index is 0.933. The molecule has 0 radical (unpaired) electrons. The van der Waals surface area contributed by atoms with Crippen LogP contribution in [0, 0.1) is 0 Å². The highest BCUT2D eigenvalue weighted by Gasteiger charge is 2.16. The summed E-state index contributed by atoms with van der Waals surface area (Å²) < 4.78 is 4.48. The predicted molar refractivity (Wildman–Crippen MR) is 169 cm³/mol. The third-order valence-electron chi connectivity index (χ3n) is 7.83. The zero-order valence-corrected chi connectivity index (χ0v) is 23.5. The molecule has 3 nitrogen and oxygen atoms in total. The van der Waals surface area contributed by atoms with E-state index < -0.39 is 0 Å². The molecule has 0 amide bonds. The van der Waals surface area contributed by atoms with Crippen molar-refractivity contribution < 1.29 is 9.13 Å². The van der Waals surface area contributed by atoms with Gasteiger partial charge in [0.05, 0.1) is 10.8 Å². The molecule has 0 saturated carbocycles. The van der Waals surface area contributed by atoms with Gasteiger partial charge in [0, 0.05) is 53.8 Å². The van der Waals surface area contributed by atoms with E-state index in [4.69, 9.17) is 0 Å².